The highest BCUT2D eigenvalue weighted by Gasteiger charge is 2.48. The van der Waals surface area contributed by atoms with E-state index in [9.17, 15) is 9.59 Å². The van der Waals surface area contributed by atoms with E-state index in [4.69, 9.17) is 9.84 Å². The van der Waals surface area contributed by atoms with Crippen LogP contribution in [0.3, 0.4) is 0 Å². The first-order valence-electron chi connectivity index (χ1n) is 7.84. The first-order chi connectivity index (χ1) is 10.7. The minimum Gasteiger partial charge on any atom is -0.481 e. The van der Waals surface area contributed by atoms with Crippen LogP contribution < -0.4 is 5.32 Å². The van der Waals surface area contributed by atoms with Gasteiger partial charge in [-0.25, -0.2) is 0 Å². The molecule has 1 aliphatic carbocycles. The topological polar surface area (TPSA) is 75.6 Å². The molecule has 0 radical (unpaired) electrons. The van der Waals surface area contributed by atoms with Crippen LogP contribution >= 0.6 is 0 Å². The van der Waals surface area contributed by atoms with E-state index in [0.717, 1.165) is 25.0 Å². The summed E-state index contributed by atoms with van der Waals surface area (Å²) in [5, 5.41) is 11.8. The van der Waals surface area contributed by atoms with Crippen LogP contribution in [0.25, 0.3) is 0 Å². The SMILES string of the molecule is O=C(O)C1CC1C(=O)NCC1CCCOC1c1ccccc1. The second-order valence-electron chi connectivity index (χ2n) is 6.14. The van der Waals surface area contributed by atoms with Crippen LogP contribution in [0, 0.1) is 17.8 Å². The summed E-state index contributed by atoms with van der Waals surface area (Å²) in [4.78, 5) is 22.8. The molecule has 22 heavy (non-hydrogen) atoms. The molecule has 1 amide bonds. The third kappa shape index (κ3) is 3.30. The molecule has 2 aliphatic rings. The predicted octanol–water partition coefficient (Wildman–Crippen LogP) is 1.99. The quantitative estimate of drug-likeness (QED) is 0.872. The number of benzene rings is 1. The van der Waals surface area contributed by atoms with Crippen LogP contribution in [0.1, 0.15) is 30.9 Å². The molecule has 1 aromatic carbocycles. The summed E-state index contributed by atoms with van der Waals surface area (Å²) in [6, 6.07) is 10.1. The fourth-order valence-corrected chi connectivity index (χ4v) is 3.18. The highest BCUT2D eigenvalue weighted by Crippen LogP contribution is 2.39. The molecule has 3 rings (SSSR count). The Balaban J connectivity index is 1.56. The Hall–Kier alpha value is -1.88. The van der Waals surface area contributed by atoms with Crippen molar-refractivity contribution in [2.45, 2.75) is 25.4 Å². The molecule has 5 heteroatoms. The molecular weight excluding hydrogens is 282 g/mol. The number of aliphatic carboxylic acids is 1. The Bertz CT molecular complexity index is 545. The van der Waals surface area contributed by atoms with Gasteiger partial charge in [-0.1, -0.05) is 30.3 Å². The first-order valence-corrected chi connectivity index (χ1v) is 7.84. The first kappa shape index (κ1) is 15.0. The molecule has 1 saturated heterocycles. The fourth-order valence-electron chi connectivity index (χ4n) is 3.18. The Morgan fingerprint density at radius 1 is 1.23 bits per heavy atom. The van der Waals surface area contributed by atoms with Gasteiger partial charge >= 0.3 is 5.97 Å². The molecule has 118 valence electrons. The normalized spacial score (nSPS) is 30.5. The van der Waals surface area contributed by atoms with E-state index in [0.29, 0.717) is 13.0 Å². The molecule has 2 N–H and O–H groups in total. The maximum atomic E-state index is 12.0. The largest absolute Gasteiger partial charge is 0.481 e. The van der Waals surface area contributed by atoms with Gasteiger partial charge < -0.3 is 15.2 Å². The van der Waals surface area contributed by atoms with Crippen molar-refractivity contribution in [3.8, 4) is 0 Å². The molecule has 0 aromatic heterocycles. The number of rotatable bonds is 5. The second-order valence-corrected chi connectivity index (χ2v) is 6.14. The third-order valence-corrected chi connectivity index (χ3v) is 4.56. The summed E-state index contributed by atoms with van der Waals surface area (Å²) in [7, 11) is 0. The van der Waals surface area contributed by atoms with Crippen molar-refractivity contribution in [2.75, 3.05) is 13.2 Å². The second kappa shape index (κ2) is 6.48. The number of amides is 1. The zero-order chi connectivity index (χ0) is 15.5. The average Bonchev–Trinajstić information content (AvgIpc) is 3.35. The number of nitrogens with one attached hydrogen (secondary N) is 1. The minimum absolute atomic E-state index is 0.00437. The lowest BCUT2D eigenvalue weighted by atomic mass is 9.89. The molecule has 1 saturated carbocycles. The number of hydrogen-bond donors (Lipinski definition) is 2. The van der Waals surface area contributed by atoms with E-state index in [1.807, 2.05) is 30.3 Å². The van der Waals surface area contributed by atoms with Crippen molar-refractivity contribution in [3.63, 3.8) is 0 Å². The van der Waals surface area contributed by atoms with E-state index in [1.165, 1.54) is 0 Å². The van der Waals surface area contributed by atoms with Gasteiger partial charge in [-0.2, -0.15) is 0 Å². The van der Waals surface area contributed by atoms with E-state index in [-0.39, 0.29) is 23.8 Å². The number of carbonyl (C=O) groups excluding carboxylic acids is 1. The maximum Gasteiger partial charge on any atom is 0.307 e. The molecule has 5 nitrogen and oxygen atoms in total. The summed E-state index contributed by atoms with van der Waals surface area (Å²) in [6.07, 6.45) is 2.47. The zero-order valence-electron chi connectivity index (χ0n) is 12.4. The number of ether oxygens (including phenoxy) is 1. The molecule has 4 unspecified atom stereocenters. The average molecular weight is 303 g/mol. The van der Waals surface area contributed by atoms with E-state index in [1.54, 1.807) is 0 Å². The van der Waals surface area contributed by atoms with Crippen LogP contribution in [0.4, 0.5) is 0 Å². The van der Waals surface area contributed by atoms with E-state index >= 15 is 0 Å². The smallest absolute Gasteiger partial charge is 0.307 e. The van der Waals surface area contributed by atoms with Gasteiger partial charge in [0.05, 0.1) is 17.9 Å². The maximum absolute atomic E-state index is 12.0. The predicted molar refractivity (Wildman–Crippen MR) is 80.1 cm³/mol. The molecule has 1 aromatic rings. The van der Waals surface area contributed by atoms with Crippen molar-refractivity contribution in [1.82, 2.24) is 5.32 Å². The van der Waals surface area contributed by atoms with Crippen molar-refractivity contribution in [2.24, 2.45) is 17.8 Å². The Kier molecular flexibility index (Phi) is 4.43. The molecular formula is C17H21NO4. The van der Waals surface area contributed by atoms with E-state index < -0.39 is 11.9 Å². The summed E-state index contributed by atoms with van der Waals surface area (Å²) < 4.78 is 5.90. The lowest BCUT2D eigenvalue weighted by Gasteiger charge is -2.32. The molecule has 0 spiro atoms. The van der Waals surface area contributed by atoms with Gasteiger partial charge in [-0.05, 0) is 24.8 Å². The van der Waals surface area contributed by atoms with Gasteiger partial charge in [-0.15, -0.1) is 0 Å². The van der Waals surface area contributed by atoms with Gasteiger partial charge in [0.1, 0.15) is 0 Å². The molecule has 0 bridgehead atoms. The summed E-state index contributed by atoms with van der Waals surface area (Å²) in [6.45, 7) is 1.29. The highest BCUT2D eigenvalue weighted by atomic mass is 16.5. The zero-order valence-corrected chi connectivity index (χ0v) is 12.4. The van der Waals surface area contributed by atoms with E-state index in [2.05, 4.69) is 5.32 Å². The molecule has 4 atom stereocenters. The third-order valence-electron chi connectivity index (χ3n) is 4.56. The van der Waals surface area contributed by atoms with Gasteiger partial charge in [-0.3, -0.25) is 9.59 Å². The molecule has 2 fully saturated rings. The lowest BCUT2D eigenvalue weighted by Crippen LogP contribution is -2.36. The van der Waals surface area contributed by atoms with Crippen LogP contribution in [0.5, 0.6) is 0 Å². The Labute approximate surface area is 129 Å². The van der Waals surface area contributed by atoms with Crippen molar-refractivity contribution < 1.29 is 19.4 Å². The van der Waals surface area contributed by atoms with Crippen molar-refractivity contribution in [3.05, 3.63) is 35.9 Å². The van der Waals surface area contributed by atoms with Gasteiger partial charge in [0.25, 0.3) is 0 Å². The minimum atomic E-state index is -0.872. The number of carboxylic acid groups (broad SMARTS) is 1. The Morgan fingerprint density at radius 2 is 2.00 bits per heavy atom. The van der Waals surface area contributed by atoms with Crippen molar-refractivity contribution in [1.29, 1.82) is 0 Å². The van der Waals surface area contributed by atoms with Crippen LogP contribution in [0.2, 0.25) is 0 Å². The lowest BCUT2D eigenvalue weighted by molar-refractivity contribution is -0.140. The summed E-state index contributed by atoms with van der Waals surface area (Å²) >= 11 is 0. The number of hydrogen-bond acceptors (Lipinski definition) is 3. The summed E-state index contributed by atoms with van der Waals surface area (Å²) in [5.74, 6) is -1.61. The Morgan fingerprint density at radius 3 is 2.68 bits per heavy atom. The molecule has 1 aliphatic heterocycles. The summed E-state index contributed by atoms with van der Waals surface area (Å²) in [5.41, 5.74) is 1.14. The molecule has 1 heterocycles. The van der Waals surface area contributed by atoms with Crippen LogP contribution in [-0.2, 0) is 14.3 Å². The monoisotopic (exact) mass is 303 g/mol. The van der Waals surface area contributed by atoms with Crippen LogP contribution in [0.15, 0.2) is 30.3 Å². The number of carboxylic acids is 1. The van der Waals surface area contributed by atoms with Gasteiger partial charge in [0.15, 0.2) is 0 Å². The number of carbonyl (C=O) groups is 2. The standard InChI is InChI=1S/C17H21NO4/c19-16(13-9-14(13)17(20)21)18-10-12-7-4-8-22-15(12)11-5-2-1-3-6-11/h1-3,5-6,12-15H,4,7-10H2,(H,18,19)(H,20,21). The fraction of sp³-hybridized carbons (Fsp3) is 0.529. The van der Waals surface area contributed by atoms with Gasteiger partial charge in [0, 0.05) is 19.1 Å². The van der Waals surface area contributed by atoms with Crippen LogP contribution in [-0.4, -0.2) is 30.1 Å². The van der Waals surface area contributed by atoms with Gasteiger partial charge in [0.2, 0.25) is 5.91 Å². The van der Waals surface area contributed by atoms with Crippen molar-refractivity contribution >= 4 is 11.9 Å². The highest BCUT2D eigenvalue weighted by molar-refractivity contribution is 5.89.